The number of tetrazole rings is 1. The molecule has 1 aromatic heterocycles. The summed E-state index contributed by atoms with van der Waals surface area (Å²) in [6.45, 7) is 3.63. The first-order valence-electron chi connectivity index (χ1n) is 5.41. The summed E-state index contributed by atoms with van der Waals surface area (Å²) in [6.07, 6.45) is 1.47. The zero-order valence-electron chi connectivity index (χ0n) is 9.96. The number of hydrogen-bond acceptors (Lipinski definition) is 4. The number of halogens is 1. The molecule has 0 bridgehead atoms. The van der Waals surface area contributed by atoms with Crippen molar-refractivity contribution < 1.29 is 4.79 Å². The van der Waals surface area contributed by atoms with E-state index in [0.717, 1.165) is 5.69 Å². The summed E-state index contributed by atoms with van der Waals surface area (Å²) in [5.74, 6) is -0.205. The smallest absolute Gasteiger partial charge is 0.226 e. The summed E-state index contributed by atoms with van der Waals surface area (Å²) >= 11 is 6.03. The molecule has 94 valence electrons. The molecule has 6 nitrogen and oxygen atoms in total. The summed E-state index contributed by atoms with van der Waals surface area (Å²) in [6, 6.07) is 5.18. The summed E-state index contributed by atoms with van der Waals surface area (Å²) in [5, 5.41) is 14.1. The SMILES string of the molecule is CC(C)C(=O)Nc1cc(-n2cnnn2)ccc1Cl. The fraction of sp³-hybridized carbons (Fsp3) is 0.273. The third-order valence-electron chi connectivity index (χ3n) is 2.35. The number of amides is 1. The van der Waals surface area contributed by atoms with E-state index in [9.17, 15) is 4.79 Å². The van der Waals surface area contributed by atoms with Crippen LogP contribution in [0.5, 0.6) is 0 Å². The van der Waals surface area contributed by atoms with Crippen molar-refractivity contribution in [1.29, 1.82) is 0 Å². The minimum Gasteiger partial charge on any atom is -0.324 e. The maximum absolute atomic E-state index is 11.6. The predicted molar refractivity (Wildman–Crippen MR) is 67.6 cm³/mol. The summed E-state index contributed by atoms with van der Waals surface area (Å²) in [7, 11) is 0. The Bertz CT molecular complexity index is 553. The van der Waals surface area contributed by atoms with Crippen molar-refractivity contribution in [2.24, 2.45) is 5.92 Å². The molecule has 0 aliphatic rings. The van der Waals surface area contributed by atoms with Gasteiger partial charge in [0, 0.05) is 5.92 Å². The van der Waals surface area contributed by atoms with Crippen LogP contribution in [-0.2, 0) is 4.79 Å². The lowest BCUT2D eigenvalue weighted by Gasteiger charge is -2.10. The second kappa shape index (κ2) is 5.14. The monoisotopic (exact) mass is 265 g/mol. The van der Waals surface area contributed by atoms with Crippen LogP contribution in [0.2, 0.25) is 5.02 Å². The molecule has 2 rings (SSSR count). The first kappa shape index (κ1) is 12.5. The van der Waals surface area contributed by atoms with Crippen LogP contribution in [0.3, 0.4) is 0 Å². The maximum atomic E-state index is 11.6. The molecular formula is C11H12ClN5O. The highest BCUT2D eigenvalue weighted by atomic mass is 35.5. The highest BCUT2D eigenvalue weighted by molar-refractivity contribution is 6.33. The number of rotatable bonds is 3. The largest absolute Gasteiger partial charge is 0.324 e. The van der Waals surface area contributed by atoms with Crippen molar-refractivity contribution in [1.82, 2.24) is 20.2 Å². The quantitative estimate of drug-likeness (QED) is 0.920. The molecule has 18 heavy (non-hydrogen) atoms. The molecule has 0 radical (unpaired) electrons. The van der Waals surface area contributed by atoms with Crippen LogP contribution in [0.1, 0.15) is 13.8 Å². The number of anilines is 1. The molecule has 0 spiro atoms. The predicted octanol–water partition coefficient (Wildman–Crippen LogP) is 1.91. The van der Waals surface area contributed by atoms with E-state index in [4.69, 9.17) is 11.6 Å². The van der Waals surface area contributed by atoms with E-state index < -0.39 is 0 Å². The number of nitrogens with zero attached hydrogens (tertiary/aromatic N) is 4. The Kier molecular flexibility index (Phi) is 3.57. The highest BCUT2D eigenvalue weighted by Crippen LogP contribution is 2.24. The van der Waals surface area contributed by atoms with Crippen molar-refractivity contribution >= 4 is 23.2 Å². The van der Waals surface area contributed by atoms with Crippen LogP contribution in [0.25, 0.3) is 5.69 Å². The van der Waals surface area contributed by atoms with Crippen LogP contribution in [0.4, 0.5) is 5.69 Å². The van der Waals surface area contributed by atoms with E-state index in [-0.39, 0.29) is 11.8 Å². The number of aromatic nitrogens is 4. The number of carbonyl (C=O) groups is 1. The zero-order valence-corrected chi connectivity index (χ0v) is 10.7. The first-order chi connectivity index (χ1) is 8.58. The van der Waals surface area contributed by atoms with Crippen molar-refractivity contribution in [3.05, 3.63) is 29.5 Å². The normalized spacial score (nSPS) is 10.7. The van der Waals surface area contributed by atoms with Gasteiger partial charge in [0.1, 0.15) is 6.33 Å². The van der Waals surface area contributed by atoms with Gasteiger partial charge in [-0.2, -0.15) is 0 Å². The molecular weight excluding hydrogens is 254 g/mol. The topological polar surface area (TPSA) is 72.7 Å². The third-order valence-corrected chi connectivity index (χ3v) is 2.68. The first-order valence-corrected chi connectivity index (χ1v) is 5.79. The van der Waals surface area contributed by atoms with Gasteiger partial charge in [-0.15, -0.1) is 5.10 Å². The van der Waals surface area contributed by atoms with Gasteiger partial charge in [0.05, 0.1) is 16.4 Å². The van der Waals surface area contributed by atoms with E-state index in [0.29, 0.717) is 10.7 Å². The van der Waals surface area contributed by atoms with Gasteiger partial charge in [-0.3, -0.25) is 4.79 Å². The minimum atomic E-state index is -0.113. The third kappa shape index (κ3) is 2.65. The van der Waals surface area contributed by atoms with E-state index >= 15 is 0 Å². The molecule has 0 saturated heterocycles. The molecule has 0 aliphatic carbocycles. The van der Waals surface area contributed by atoms with Gasteiger partial charge in [-0.25, -0.2) is 4.68 Å². The Morgan fingerprint density at radius 1 is 1.44 bits per heavy atom. The van der Waals surface area contributed by atoms with Crippen LogP contribution >= 0.6 is 11.6 Å². The molecule has 1 heterocycles. The van der Waals surface area contributed by atoms with Gasteiger partial charge in [0.2, 0.25) is 5.91 Å². The fourth-order valence-electron chi connectivity index (χ4n) is 1.31. The summed E-state index contributed by atoms with van der Waals surface area (Å²) in [4.78, 5) is 11.6. The molecule has 2 aromatic rings. The molecule has 0 unspecified atom stereocenters. The molecule has 0 aliphatic heterocycles. The van der Waals surface area contributed by atoms with Crippen molar-refractivity contribution in [3.8, 4) is 5.69 Å². The van der Waals surface area contributed by atoms with Crippen molar-refractivity contribution in [2.75, 3.05) is 5.32 Å². The van der Waals surface area contributed by atoms with E-state index in [1.807, 2.05) is 13.8 Å². The van der Waals surface area contributed by atoms with Gasteiger partial charge < -0.3 is 5.32 Å². The number of benzene rings is 1. The van der Waals surface area contributed by atoms with E-state index in [1.54, 1.807) is 18.2 Å². The highest BCUT2D eigenvalue weighted by Gasteiger charge is 2.10. The Morgan fingerprint density at radius 2 is 2.22 bits per heavy atom. The Labute approximate surface area is 109 Å². The zero-order chi connectivity index (χ0) is 13.1. The molecule has 0 atom stereocenters. The van der Waals surface area contributed by atoms with Crippen LogP contribution < -0.4 is 5.32 Å². The van der Waals surface area contributed by atoms with Crippen molar-refractivity contribution in [3.63, 3.8) is 0 Å². The van der Waals surface area contributed by atoms with E-state index in [2.05, 4.69) is 20.8 Å². The van der Waals surface area contributed by atoms with Gasteiger partial charge in [-0.05, 0) is 28.6 Å². The minimum absolute atomic E-state index is 0.0919. The maximum Gasteiger partial charge on any atom is 0.226 e. The number of hydrogen-bond donors (Lipinski definition) is 1. The average Bonchev–Trinajstić information content (AvgIpc) is 2.85. The number of nitrogens with one attached hydrogen (secondary N) is 1. The lowest BCUT2D eigenvalue weighted by atomic mass is 10.2. The van der Waals surface area contributed by atoms with Gasteiger partial charge in [-0.1, -0.05) is 25.4 Å². The van der Waals surface area contributed by atoms with Crippen LogP contribution in [0.15, 0.2) is 24.5 Å². The second-order valence-electron chi connectivity index (χ2n) is 4.06. The summed E-state index contributed by atoms with van der Waals surface area (Å²) in [5.41, 5.74) is 1.27. The second-order valence-corrected chi connectivity index (χ2v) is 4.47. The molecule has 1 N–H and O–H groups in total. The number of carbonyl (C=O) groups excluding carboxylic acids is 1. The lowest BCUT2D eigenvalue weighted by Crippen LogP contribution is -2.18. The molecule has 0 fully saturated rings. The molecule has 7 heteroatoms. The van der Waals surface area contributed by atoms with E-state index in [1.165, 1.54) is 11.0 Å². The molecule has 1 amide bonds. The van der Waals surface area contributed by atoms with Crippen LogP contribution in [-0.4, -0.2) is 26.1 Å². The van der Waals surface area contributed by atoms with Gasteiger partial charge in [0.15, 0.2) is 0 Å². The Morgan fingerprint density at radius 3 is 2.83 bits per heavy atom. The molecule has 0 saturated carbocycles. The Balaban J connectivity index is 2.30. The Hall–Kier alpha value is -1.95. The van der Waals surface area contributed by atoms with Gasteiger partial charge in [0.25, 0.3) is 0 Å². The average molecular weight is 266 g/mol. The van der Waals surface area contributed by atoms with Crippen molar-refractivity contribution in [2.45, 2.75) is 13.8 Å². The molecule has 1 aromatic carbocycles. The fourth-order valence-corrected chi connectivity index (χ4v) is 1.47. The standard InChI is InChI=1S/C11H12ClN5O/c1-7(2)11(18)14-10-5-8(3-4-9(10)12)17-6-13-15-16-17/h3-7H,1-2H3,(H,14,18). The summed E-state index contributed by atoms with van der Waals surface area (Å²) < 4.78 is 1.49. The van der Waals surface area contributed by atoms with Gasteiger partial charge >= 0.3 is 0 Å². The van der Waals surface area contributed by atoms with Crippen LogP contribution in [0, 0.1) is 5.92 Å². The lowest BCUT2D eigenvalue weighted by molar-refractivity contribution is -0.118.